The summed E-state index contributed by atoms with van der Waals surface area (Å²) in [6.45, 7) is 7.87. The van der Waals surface area contributed by atoms with E-state index in [-0.39, 0.29) is 0 Å². The van der Waals surface area contributed by atoms with Gasteiger partial charge >= 0.3 is 0 Å². The lowest BCUT2D eigenvalue weighted by Gasteiger charge is -2.13. The summed E-state index contributed by atoms with van der Waals surface area (Å²) in [6, 6.07) is 0. The second-order valence-electron chi connectivity index (χ2n) is 7.44. The predicted molar refractivity (Wildman–Crippen MR) is 110 cm³/mol. The Morgan fingerprint density at radius 1 is 1.15 bits per heavy atom. The van der Waals surface area contributed by atoms with Crippen LogP contribution >= 0.6 is 0 Å². The largest absolute Gasteiger partial charge is 0.382 e. The molecule has 7 nitrogen and oxygen atoms in total. The number of nitrogens with one attached hydrogen (secondary N) is 2. The molecule has 0 unspecified atom stereocenters. The highest BCUT2D eigenvalue weighted by Crippen LogP contribution is 2.28. The van der Waals surface area contributed by atoms with Crippen LogP contribution in [0.2, 0.25) is 0 Å². The van der Waals surface area contributed by atoms with Crippen LogP contribution in [0.1, 0.15) is 69.9 Å². The van der Waals surface area contributed by atoms with E-state index < -0.39 is 0 Å². The molecule has 1 saturated carbocycles. The fraction of sp³-hybridized carbons (Fsp3) is 0.850. The van der Waals surface area contributed by atoms with Crippen LogP contribution in [0.4, 0.5) is 0 Å². The van der Waals surface area contributed by atoms with E-state index in [2.05, 4.69) is 20.8 Å². The highest BCUT2D eigenvalue weighted by molar-refractivity contribution is 5.79. The Morgan fingerprint density at radius 3 is 2.56 bits per heavy atom. The van der Waals surface area contributed by atoms with E-state index in [0.29, 0.717) is 6.54 Å². The predicted octanol–water partition coefficient (Wildman–Crippen LogP) is 2.95. The Labute approximate surface area is 164 Å². The van der Waals surface area contributed by atoms with E-state index >= 15 is 0 Å². The maximum atomic E-state index is 5.40. The first-order chi connectivity index (χ1) is 13.2. The van der Waals surface area contributed by atoms with Crippen molar-refractivity contribution in [3.63, 3.8) is 0 Å². The number of guanidine groups is 1. The second-order valence-corrected chi connectivity index (χ2v) is 7.44. The molecule has 154 valence electrons. The topological polar surface area (TPSA) is 76.4 Å². The Hall–Kier alpha value is -1.63. The third-order valence-corrected chi connectivity index (χ3v) is 5.33. The first-order valence-electron chi connectivity index (χ1n) is 10.7. The van der Waals surface area contributed by atoms with Crippen LogP contribution in [0.15, 0.2) is 4.99 Å². The maximum Gasteiger partial charge on any atom is 0.191 e. The van der Waals surface area contributed by atoms with Crippen LogP contribution in [-0.4, -0.2) is 47.0 Å². The molecule has 1 aliphatic carbocycles. The molecule has 27 heavy (non-hydrogen) atoms. The Balaban J connectivity index is 1.73. The second kappa shape index (κ2) is 12.7. The van der Waals surface area contributed by atoms with Gasteiger partial charge in [-0.15, -0.1) is 10.2 Å². The smallest absolute Gasteiger partial charge is 0.191 e. The molecule has 1 aromatic rings. The fourth-order valence-corrected chi connectivity index (χ4v) is 3.50. The van der Waals surface area contributed by atoms with Gasteiger partial charge in [-0.2, -0.15) is 0 Å². The van der Waals surface area contributed by atoms with Crippen molar-refractivity contribution < 1.29 is 4.74 Å². The zero-order chi connectivity index (χ0) is 19.3. The number of aliphatic imine (C=N–C) groups is 1. The molecule has 0 spiro atoms. The molecule has 0 aromatic carbocycles. The molecule has 0 bridgehead atoms. The molecule has 2 N–H and O–H groups in total. The summed E-state index contributed by atoms with van der Waals surface area (Å²) >= 11 is 0. The van der Waals surface area contributed by atoms with Crippen LogP contribution in [-0.2, 0) is 18.3 Å². The minimum absolute atomic E-state index is 0.528. The minimum Gasteiger partial charge on any atom is -0.382 e. The average molecular weight is 379 g/mol. The number of aromatic nitrogens is 3. The fourth-order valence-electron chi connectivity index (χ4n) is 3.50. The molecule has 0 amide bonds. The number of aryl methyl sites for hydroxylation is 1. The van der Waals surface area contributed by atoms with Gasteiger partial charge in [0, 0.05) is 33.4 Å². The van der Waals surface area contributed by atoms with Crippen molar-refractivity contribution >= 4 is 5.96 Å². The van der Waals surface area contributed by atoms with E-state index in [9.17, 15) is 0 Å². The number of hydrogen-bond acceptors (Lipinski definition) is 4. The average Bonchev–Trinajstić information content (AvgIpc) is 3.29. The molecule has 1 heterocycles. The van der Waals surface area contributed by atoms with Gasteiger partial charge in [-0.25, -0.2) is 4.99 Å². The van der Waals surface area contributed by atoms with E-state index in [4.69, 9.17) is 9.73 Å². The number of ether oxygens (including phenoxy) is 1. The molecule has 1 aromatic heterocycles. The zero-order valence-electron chi connectivity index (χ0n) is 17.5. The first-order valence-corrected chi connectivity index (χ1v) is 10.7. The van der Waals surface area contributed by atoms with Crippen molar-refractivity contribution in [3.05, 3.63) is 11.6 Å². The van der Waals surface area contributed by atoms with Gasteiger partial charge in [0.15, 0.2) is 11.8 Å². The van der Waals surface area contributed by atoms with Gasteiger partial charge in [-0.3, -0.25) is 0 Å². The van der Waals surface area contributed by atoms with E-state index in [1.807, 2.05) is 25.5 Å². The van der Waals surface area contributed by atoms with Crippen molar-refractivity contribution in [2.45, 2.75) is 71.8 Å². The van der Waals surface area contributed by atoms with Gasteiger partial charge < -0.3 is 19.9 Å². The van der Waals surface area contributed by atoms with Crippen LogP contribution < -0.4 is 10.6 Å². The van der Waals surface area contributed by atoms with Crippen LogP contribution in [0, 0.1) is 12.8 Å². The van der Waals surface area contributed by atoms with Gasteiger partial charge in [0.1, 0.15) is 12.4 Å². The molecular formula is C20H38N6O. The summed E-state index contributed by atoms with van der Waals surface area (Å²) in [7, 11) is 1.98. The minimum atomic E-state index is 0.528. The number of unbranched alkanes of at least 4 members (excludes halogenated alkanes) is 1. The highest BCUT2D eigenvalue weighted by Gasteiger charge is 2.13. The molecule has 0 atom stereocenters. The van der Waals surface area contributed by atoms with E-state index in [0.717, 1.165) is 56.3 Å². The lowest BCUT2D eigenvalue weighted by Crippen LogP contribution is -2.38. The molecular weight excluding hydrogens is 340 g/mol. The summed E-state index contributed by atoms with van der Waals surface area (Å²) in [5, 5.41) is 15.2. The van der Waals surface area contributed by atoms with Gasteiger partial charge in [0.25, 0.3) is 0 Å². The van der Waals surface area contributed by atoms with E-state index in [1.165, 1.54) is 44.9 Å². The first kappa shape index (κ1) is 21.7. The molecule has 2 rings (SSSR count). The lowest BCUT2D eigenvalue weighted by molar-refractivity contribution is 0.145. The third-order valence-electron chi connectivity index (χ3n) is 5.33. The third kappa shape index (κ3) is 8.28. The van der Waals surface area contributed by atoms with Crippen molar-refractivity contribution in [1.29, 1.82) is 0 Å². The SMILES string of the molecule is CCOCCCNC(=NCc1nnc(C)n1C)NCCCCC1CCCC1. The Bertz CT molecular complexity index is 551. The highest BCUT2D eigenvalue weighted by atomic mass is 16.5. The number of nitrogens with zero attached hydrogens (tertiary/aromatic N) is 4. The molecule has 7 heteroatoms. The van der Waals surface area contributed by atoms with Crippen molar-refractivity contribution in [2.24, 2.45) is 18.0 Å². The summed E-state index contributed by atoms with van der Waals surface area (Å²) in [4.78, 5) is 4.69. The summed E-state index contributed by atoms with van der Waals surface area (Å²) in [5.41, 5.74) is 0. The number of hydrogen-bond donors (Lipinski definition) is 2. The van der Waals surface area contributed by atoms with Gasteiger partial charge in [-0.05, 0) is 32.6 Å². The number of rotatable bonds is 12. The van der Waals surface area contributed by atoms with E-state index in [1.54, 1.807) is 0 Å². The lowest BCUT2D eigenvalue weighted by atomic mass is 10.0. The molecule has 0 saturated heterocycles. The summed E-state index contributed by atoms with van der Waals surface area (Å²) in [6.07, 6.45) is 10.6. The van der Waals surface area contributed by atoms with Gasteiger partial charge in [0.05, 0.1) is 0 Å². The standard InChI is InChI=1S/C20H38N6O/c1-4-27-15-9-14-22-20(23-16-19-25-24-17(2)26(19)3)21-13-8-7-12-18-10-5-6-11-18/h18H,4-16H2,1-3H3,(H2,21,22,23). The van der Waals surface area contributed by atoms with Crippen molar-refractivity contribution in [2.75, 3.05) is 26.3 Å². The van der Waals surface area contributed by atoms with Gasteiger partial charge in [0.2, 0.25) is 0 Å². The molecule has 1 fully saturated rings. The molecule has 1 aliphatic rings. The van der Waals surface area contributed by atoms with Crippen LogP contribution in [0.3, 0.4) is 0 Å². The normalized spacial score (nSPS) is 15.4. The summed E-state index contributed by atoms with van der Waals surface area (Å²) < 4.78 is 7.39. The molecule has 0 radical (unpaired) electrons. The quantitative estimate of drug-likeness (QED) is 0.332. The monoisotopic (exact) mass is 378 g/mol. The molecule has 0 aliphatic heterocycles. The summed E-state index contributed by atoms with van der Waals surface area (Å²) in [5.74, 6) is 3.62. The maximum absolute atomic E-state index is 5.40. The Kier molecular flexibility index (Phi) is 10.2. The Morgan fingerprint density at radius 2 is 1.89 bits per heavy atom. The van der Waals surface area contributed by atoms with Crippen LogP contribution in [0.25, 0.3) is 0 Å². The van der Waals surface area contributed by atoms with Crippen LogP contribution in [0.5, 0.6) is 0 Å². The van der Waals surface area contributed by atoms with Gasteiger partial charge in [-0.1, -0.05) is 38.5 Å². The van der Waals surface area contributed by atoms with Crippen molar-refractivity contribution in [3.8, 4) is 0 Å². The van der Waals surface area contributed by atoms with Crippen molar-refractivity contribution in [1.82, 2.24) is 25.4 Å². The zero-order valence-corrected chi connectivity index (χ0v) is 17.5.